The summed E-state index contributed by atoms with van der Waals surface area (Å²) in [7, 11) is 1.68. The lowest BCUT2D eigenvalue weighted by atomic mass is 10.1. The normalized spacial score (nSPS) is 19.1. The Labute approximate surface area is 145 Å². The zero-order chi connectivity index (χ0) is 16.5. The van der Waals surface area contributed by atoms with Gasteiger partial charge in [-0.25, -0.2) is 0 Å². The van der Waals surface area contributed by atoms with E-state index in [9.17, 15) is 0 Å². The molecule has 0 radical (unpaired) electrons. The minimum absolute atomic E-state index is 0.762. The molecule has 0 saturated heterocycles. The minimum Gasteiger partial charge on any atom is -0.497 e. The van der Waals surface area contributed by atoms with Crippen LogP contribution in [0.1, 0.15) is 18.4 Å². The molecule has 0 saturated carbocycles. The molecule has 24 heavy (non-hydrogen) atoms. The van der Waals surface area contributed by atoms with E-state index in [1.54, 1.807) is 18.9 Å². The molecule has 0 spiro atoms. The molecule has 2 aliphatic heterocycles. The van der Waals surface area contributed by atoms with E-state index in [2.05, 4.69) is 32.9 Å². The van der Waals surface area contributed by atoms with Gasteiger partial charge >= 0.3 is 0 Å². The van der Waals surface area contributed by atoms with E-state index in [4.69, 9.17) is 9.84 Å². The molecular weight excluding hydrogens is 322 g/mol. The number of allylic oxidation sites excluding steroid dienone is 1. The number of thioether (sulfide) groups is 1. The van der Waals surface area contributed by atoms with Crippen LogP contribution in [0, 0.1) is 0 Å². The first kappa shape index (κ1) is 15.3. The number of nitrogens with zero attached hydrogens (tertiary/aromatic N) is 4. The van der Waals surface area contributed by atoms with E-state index >= 15 is 0 Å². The lowest BCUT2D eigenvalue weighted by Gasteiger charge is -2.19. The van der Waals surface area contributed by atoms with Crippen molar-refractivity contribution >= 4 is 28.2 Å². The van der Waals surface area contributed by atoms with Crippen LogP contribution in [0.15, 0.2) is 50.7 Å². The SMILES string of the molecule is COc1ccc(CN2CC3=C4C(=NNN=C4C(SC)=N2)CC3)cc1. The van der Waals surface area contributed by atoms with Gasteiger partial charge in [-0.2, -0.15) is 20.8 Å². The molecule has 0 unspecified atom stereocenters. The molecule has 1 aliphatic carbocycles. The van der Waals surface area contributed by atoms with Gasteiger partial charge in [0.1, 0.15) is 16.5 Å². The Hall–Kier alpha value is -2.28. The van der Waals surface area contributed by atoms with Crippen LogP contribution in [0.4, 0.5) is 0 Å². The number of rotatable bonds is 3. The minimum atomic E-state index is 0.762. The molecule has 0 amide bonds. The van der Waals surface area contributed by atoms with E-state index in [1.165, 1.54) is 16.7 Å². The average Bonchev–Trinajstić information content (AvgIpc) is 2.96. The molecule has 3 aliphatic rings. The molecule has 1 N–H and O–H groups in total. The fraction of sp³-hybridized carbons (Fsp3) is 0.353. The summed E-state index contributed by atoms with van der Waals surface area (Å²) < 4.78 is 5.23. The fourth-order valence-electron chi connectivity index (χ4n) is 3.25. The Bertz CT molecular complexity index is 779. The second-order valence-corrected chi connectivity index (χ2v) is 6.67. The summed E-state index contributed by atoms with van der Waals surface area (Å²) in [5, 5.41) is 16.6. The molecular formula is C17H19N5OS. The van der Waals surface area contributed by atoms with Crippen LogP contribution < -0.4 is 10.3 Å². The highest BCUT2D eigenvalue weighted by molar-refractivity contribution is 8.15. The van der Waals surface area contributed by atoms with E-state index in [0.717, 1.165) is 48.1 Å². The Morgan fingerprint density at radius 1 is 1.21 bits per heavy atom. The van der Waals surface area contributed by atoms with E-state index in [-0.39, 0.29) is 0 Å². The number of methoxy groups -OCH3 is 1. The quantitative estimate of drug-likeness (QED) is 0.918. The number of hydrogen-bond donors (Lipinski definition) is 1. The number of hydrogen-bond acceptors (Lipinski definition) is 7. The second-order valence-electron chi connectivity index (χ2n) is 5.88. The highest BCUT2D eigenvalue weighted by Crippen LogP contribution is 2.32. The van der Waals surface area contributed by atoms with Gasteiger partial charge in [-0.1, -0.05) is 12.1 Å². The number of hydrazone groups is 3. The summed E-state index contributed by atoms with van der Waals surface area (Å²) in [5.74, 6) is 0.871. The van der Waals surface area contributed by atoms with Crippen LogP contribution in [0.25, 0.3) is 0 Å². The summed E-state index contributed by atoms with van der Waals surface area (Å²) in [4.78, 5) is 0. The van der Waals surface area contributed by atoms with Crippen molar-refractivity contribution in [3.63, 3.8) is 0 Å². The van der Waals surface area contributed by atoms with Gasteiger partial charge in [0.05, 0.1) is 25.9 Å². The van der Waals surface area contributed by atoms with Crippen molar-refractivity contribution in [3.8, 4) is 5.75 Å². The van der Waals surface area contributed by atoms with Crippen LogP contribution in [0.2, 0.25) is 0 Å². The van der Waals surface area contributed by atoms with Crippen LogP contribution in [-0.4, -0.2) is 41.4 Å². The maximum atomic E-state index is 5.23. The van der Waals surface area contributed by atoms with Crippen LogP contribution in [0.3, 0.4) is 0 Å². The van der Waals surface area contributed by atoms with Crippen LogP contribution in [-0.2, 0) is 6.54 Å². The van der Waals surface area contributed by atoms with Gasteiger partial charge in [0.25, 0.3) is 0 Å². The first-order valence-corrected chi connectivity index (χ1v) is 9.14. The third kappa shape index (κ3) is 2.69. The van der Waals surface area contributed by atoms with Gasteiger partial charge in [-0.05, 0) is 42.4 Å². The van der Waals surface area contributed by atoms with Gasteiger partial charge in [-0.15, -0.1) is 11.8 Å². The van der Waals surface area contributed by atoms with Crippen LogP contribution >= 0.6 is 11.8 Å². The molecule has 0 bridgehead atoms. The Kier molecular flexibility index (Phi) is 4.02. The van der Waals surface area contributed by atoms with Crippen LogP contribution in [0.5, 0.6) is 5.75 Å². The molecule has 0 aromatic heterocycles. The maximum absolute atomic E-state index is 5.23. The second kappa shape index (κ2) is 6.32. The molecule has 4 rings (SSSR count). The number of benzene rings is 1. The van der Waals surface area contributed by atoms with E-state index in [0.29, 0.717) is 0 Å². The largest absolute Gasteiger partial charge is 0.497 e. The lowest BCUT2D eigenvalue weighted by molar-refractivity contribution is 0.304. The zero-order valence-electron chi connectivity index (χ0n) is 13.7. The van der Waals surface area contributed by atoms with Crippen molar-refractivity contribution in [1.82, 2.24) is 10.5 Å². The third-order valence-corrected chi connectivity index (χ3v) is 5.08. The zero-order valence-corrected chi connectivity index (χ0v) is 14.6. The first-order valence-electron chi connectivity index (χ1n) is 7.91. The Morgan fingerprint density at radius 3 is 2.79 bits per heavy atom. The molecule has 7 heteroatoms. The van der Waals surface area contributed by atoms with Gasteiger partial charge in [0.2, 0.25) is 0 Å². The fourth-order valence-corrected chi connectivity index (χ4v) is 3.78. The maximum Gasteiger partial charge on any atom is 0.144 e. The van der Waals surface area contributed by atoms with E-state index < -0.39 is 0 Å². The smallest absolute Gasteiger partial charge is 0.144 e. The molecule has 6 nitrogen and oxygen atoms in total. The Balaban J connectivity index is 1.64. The van der Waals surface area contributed by atoms with Crippen molar-refractivity contribution in [1.29, 1.82) is 0 Å². The van der Waals surface area contributed by atoms with Crippen molar-refractivity contribution in [3.05, 3.63) is 41.0 Å². The monoisotopic (exact) mass is 341 g/mol. The van der Waals surface area contributed by atoms with Crippen molar-refractivity contribution in [2.45, 2.75) is 19.4 Å². The van der Waals surface area contributed by atoms with Gasteiger partial charge in [0.15, 0.2) is 0 Å². The standard InChI is InChI=1S/C17H19N5OS/c1-23-13-6-3-11(4-7-13)9-22-10-12-5-8-14-15(12)16(19-21-18-14)17(20-22)24-2/h3-4,6-7,21H,5,8-10H2,1-2H3. The number of nitrogens with one attached hydrogen (secondary N) is 1. The average molecular weight is 341 g/mol. The molecule has 0 atom stereocenters. The molecule has 1 aromatic carbocycles. The summed E-state index contributed by atoms with van der Waals surface area (Å²) >= 11 is 1.63. The van der Waals surface area contributed by atoms with Gasteiger partial charge in [0, 0.05) is 5.57 Å². The summed E-state index contributed by atoms with van der Waals surface area (Å²) in [5.41, 5.74) is 8.65. The molecule has 0 fully saturated rings. The topological polar surface area (TPSA) is 61.6 Å². The molecule has 2 heterocycles. The third-order valence-electron chi connectivity index (χ3n) is 4.41. The highest BCUT2D eigenvalue weighted by atomic mass is 32.2. The summed E-state index contributed by atoms with van der Waals surface area (Å²) in [6.07, 6.45) is 4.05. The van der Waals surface area contributed by atoms with E-state index in [1.807, 2.05) is 18.4 Å². The summed E-state index contributed by atoms with van der Waals surface area (Å²) in [6.45, 7) is 1.58. The predicted octanol–water partition coefficient (Wildman–Crippen LogP) is 2.59. The predicted molar refractivity (Wildman–Crippen MR) is 98.6 cm³/mol. The molecule has 124 valence electrons. The highest BCUT2D eigenvalue weighted by Gasteiger charge is 2.33. The summed E-state index contributed by atoms with van der Waals surface area (Å²) in [6, 6.07) is 8.15. The van der Waals surface area contributed by atoms with Gasteiger partial charge < -0.3 is 4.74 Å². The van der Waals surface area contributed by atoms with Crippen molar-refractivity contribution in [2.24, 2.45) is 15.3 Å². The number of ether oxygens (including phenoxy) is 1. The van der Waals surface area contributed by atoms with Crippen molar-refractivity contribution < 1.29 is 4.74 Å². The van der Waals surface area contributed by atoms with Crippen molar-refractivity contribution in [2.75, 3.05) is 19.9 Å². The first-order chi connectivity index (χ1) is 11.8. The Morgan fingerprint density at radius 2 is 2.04 bits per heavy atom. The van der Waals surface area contributed by atoms with Gasteiger partial charge in [-0.3, -0.25) is 5.01 Å². The lowest BCUT2D eigenvalue weighted by Crippen LogP contribution is -2.26. The molecule has 1 aromatic rings.